The van der Waals surface area contributed by atoms with E-state index >= 15 is 0 Å². The second kappa shape index (κ2) is 3.95. The highest BCUT2D eigenvalue weighted by Crippen LogP contribution is 2.28. The molecule has 1 nitrogen and oxygen atoms in total. The molecule has 1 heterocycles. The Morgan fingerprint density at radius 3 is 2.58 bits per heavy atom. The number of rotatable bonds is 1. The molecule has 0 saturated heterocycles. The topological polar surface area (TPSA) is 12.9 Å². The maximum Gasteiger partial charge on any atom is 0.266 e. The molecule has 0 aliphatic rings. The van der Waals surface area contributed by atoms with Gasteiger partial charge in [0.15, 0.2) is 0 Å². The Hall–Kier alpha value is 0.220. The summed E-state index contributed by atoms with van der Waals surface area (Å²) in [7, 11) is 0. The van der Waals surface area contributed by atoms with Crippen molar-refractivity contribution in [2.75, 3.05) is 0 Å². The Balaban J connectivity index is 3.28. The van der Waals surface area contributed by atoms with Crippen LogP contribution in [0.2, 0.25) is 0 Å². The second-order valence-corrected chi connectivity index (χ2v) is 4.10. The summed E-state index contributed by atoms with van der Waals surface area (Å²) in [6.07, 6.45) is -2.45. The van der Waals surface area contributed by atoms with E-state index in [2.05, 4.69) is 20.9 Å². The molecule has 12 heavy (non-hydrogen) atoms. The van der Waals surface area contributed by atoms with Gasteiger partial charge in [0.2, 0.25) is 0 Å². The van der Waals surface area contributed by atoms with Crippen LogP contribution in [0.3, 0.4) is 0 Å². The normalized spacial score (nSPS) is 10.8. The van der Waals surface area contributed by atoms with Gasteiger partial charge in [0.05, 0.1) is 5.56 Å². The van der Waals surface area contributed by atoms with Crippen molar-refractivity contribution in [2.24, 2.45) is 0 Å². The van der Waals surface area contributed by atoms with Crippen LogP contribution >= 0.6 is 38.5 Å². The molecule has 0 aliphatic heterocycles. The molecule has 1 aromatic rings. The van der Waals surface area contributed by atoms with E-state index in [0.717, 1.165) is 0 Å². The molecule has 0 N–H and O–H groups in total. The van der Waals surface area contributed by atoms with Crippen LogP contribution in [0.4, 0.5) is 8.78 Å². The zero-order valence-electron chi connectivity index (χ0n) is 6.11. The third-order valence-corrected chi connectivity index (χ3v) is 2.63. The van der Waals surface area contributed by atoms with Crippen LogP contribution in [0.5, 0.6) is 0 Å². The van der Waals surface area contributed by atoms with Gasteiger partial charge >= 0.3 is 0 Å². The van der Waals surface area contributed by atoms with Crippen molar-refractivity contribution in [3.05, 3.63) is 25.5 Å². The Bertz CT molecular complexity index is 280. The van der Waals surface area contributed by atoms with Gasteiger partial charge in [-0.05, 0) is 57.1 Å². The average Bonchev–Trinajstić information content (AvgIpc) is 1.82. The van der Waals surface area contributed by atoms with Crippen molar-refractivity contribution >= 4 is 38.5 Å². The largest absolute Gasteiger partial charge is 0.266 e. The fraction of sp³-hybridized carbons (Fsp3) is 0.286. The van der Waals surface area contributed by atoms with E-state index in [4.69, 9.17) is 0 Å². The van der Waals surface area contributed by atoms with Crippen LogP contribution < -0.4 is 0 Å². The van der Waals surface area contributed by atoms with Crippen molar-refractivity contribution in [2.45, 2.75) is 13.3 Å². The van der Waals surface area contributed by atoms with Gasteiger partial charge in [-0.1, -0.05) is 0 Å². The molecule has 0 radical (unpaired) electrons. The predicted octanol–water partition coefficient (Wildman–Crippen LogP) is 3.69. The highest BCUT2D eigenvalue weighted by molar-refractivity contribution is 14.1. The minimum atomic E-state index is -2.45. The lowest BCUT2D eigenvalue weighted by molar-refractivity contribution is 0.149. The first-order chi connectivity index (χ1) is 5.52. The first-order valence-corrected chi connectivity index (χ1v) is 5.00. The molecule has 0 spiro atoms. The smallest absolute Gasteiger partial charge is 0.234 e. The Morgan fingerprint density at radius 1 is 1.58 bits per heavy atom. The predicted molar refractivity (Wildman–Crippen MR) is 54.3 cm³/mol. The summed E-state index contributed by atoms with van der Waals surface area (Å²) in [6.45, 7) is 1.65. The monoisotopic (exact) mass is 347 g/mol. The minimum Gasteiger partial charge on any atom is -0.234 e. The van der Waals surface area contributed by atoms with Gasteiger partial charge < -0.3 is 0 Å². The first-order valence-electron chi connectivity index (χ1n) is 3.13. The van der Waals surface area contributed by atoms with Gasteiger partial charge in [0.25, 0.3) is 6.43 Å². The van der Waals surface area contributed by atoms with E-state index in [1.54, 1.807) is 35.6 Å². The van der Waals surface area contributed by atoms with Crippen molar-refractivity contribution in [1.29, 1.82) is 0 Å². The third-order valence-electron chi connectivity index (χ3n) is 1.41. The summed E-state index contributed by atoms with van der Waals surface area (Å²) >= 11 is 4.94. The summed E-state index contributed by atoms with van der Waals surface area (Å²) < 4.78 is 25.7. The number of pyridine rings is 1. The fourth-order valence-electron chi connectivity index (χ4n) is 0.868. The van der Waals surface area contributed by atoms with Crippen LogP contribution in [0.1, 0.15) is 17.6 Å². The lowest BCUT2D eigenvalue weighted by atomic mass is 10.2. The number of alkyl halides is 2. The van der Waals surface area contributed by atoms with Crippen LogP contribution in [0, 0.1) is 10.6 Å². The molecule has 0 bridgehead atoms. The highest BCUT2D eigenvalue weighted by Gasteiger charge is 2.15. The van der Waals surface area contributed by atoms with Gasteiger partial charge in [-0.25, -0.2) is 13.8 Å². The molecule has 1 rings (SSSR count). The van der Waals surface area contributed by atoms with Gasteiger partial charge in [0.1, 0.15) is 8.30 Å². The number of halogens is 4. The molecule has 66 valence electrons. The van der Waals surface area contributed by atoms with Crippen LogP contribution in [0.25, 0.3) is 0 Å². The Labute approximate surface area is 90.8 Å². The summed E-state index contributed by atoms with van der Waals surface area (Å²) in [5.41, 5.74) is 0.593. The third kappa shape index (κ3) is 2.12. The maximum absolute atomic E-state index is 12.4. The minimum absolute atomic E-state index is 0.0267. The highest BCUT2D eigenvalue weighted by atomic mass is 127. The SMILES string of the molecule is Cc1cc(Br)nc(I)c1C(F)F. The number of hydrogen-bond acceptors (Lipinski definition) is 1. The van der Waals surface area contributed by atoms with Crippen molar-refractivity contribution in [1.82, 2.24) is 4.98 Å². The molecule has 0 fully saturated rings. The van der Waals surface area contributed by atoms with Crippen molar-refractivity contribution in [3.63, 3.8) is 0 Å². The average molecular weight is 348 g/mol. The number of aromatic nitrogens is 1. The molecule has 0 aromatic carbocycles. The van der Waals surface area contributed by atoms with Crippen molar-refractivity contribution < 1.29 is 8.78 Å². The Kier molecular flexibility index (Phi) is 3.39. The number of nitrogens with zero attached hydrogens (tertiary/aromatic N) is 1. The molecule has 0 saturated carbocycles. The molecule has 0 amide bonds. The number of hydrogen-bond donors (Lipinski definition) is 0. The zero-order valence-corrected chi connectivity index (χ0v) is 9.86. The van der Waals surface area contributed by atoms with E-state index in [-0.39, 0.29) is 5.56 Å². The molecular weight excluding hydrogens is 343 g/mol. The molecule has 0 aliphatic carbocycles. The van der Waals surface area contributed by atoms with Gasteiger partial charge in [-0.15, -0.1) is 0 Å². The lowest BCUT2D eigenvalue weighted by Gasteiger charge is -2.06. The summed E-state index contributed by atoms with van der Waals surface area (Å²) in [5, 5.41) is 0. The fourth-order valence-corrected chi connectivity index (χ4v) is 2.64. The van der Waals surface area contributed by atoms with Gasteiger partial charge in [0, 0.05) is 0 Å². The standard InChI is InChI=1S/C7H5BrF2IN/c1-3-2-4(8)12-7(11)5(3)6(9)10/h2,6H,1H3. The van der Waals surface area contributed by atoms with E-state index < -0.39 is 6.43 Å². The van der Waals surface area contributed by atoms with Gasteiger partial charge in [-0.3, -0.25) is 0 Å². The van der Waals surface area contributed by atoms with E-state index in [0.29, 0.717) is 13.9 Å². The lowest BCUT2D eigenvalue weighted by Crippen LogP contribution is -1.97. The summed E-state index contributed by atoms with van der Waals surface area (Å²) in [6, 6.07) is 1.59. The first kappa shape index (κ1) is 10.3. The van der Waals surface area contributed by atoms with E-state index in [9.17, 15) is 8.78 Å². The Morgan fingerprint density at radius 2 is 2.17 bits per heavy atom. The molecule has 5 heteroatoms. The second-order valence-electron chi connectivity index (χ2n) is 2.27. The maximum atomic E-state index is 12.4. The van der Waals surface area contributed by atoms with E-state index in [1.165, 1.54) is 0 Å². The van der Waals surface area contributed by atoms with E-state index in [1.807, 2.05) is 0 Å². The summed E-state index contributed by atoms with van der Waals surface area (Å²) in [4.78, 5) is 3.88. The summed E-state index contributed by atoms with van der Waals surface area (Å²) in [5.74, 6) is 0. The molecule has 0 unspecified atom stereocenters. The zero-order chi connectivity index (χ0) is 9.30. The quantitative estimate of drug-likeness (QED) is 0.557. The van der Waals surface area contributed by atoms with Gasteiger partial charge in [-0.2, -0.15) is 0 Å². The number of aryl methyl sites for hydroxylation is 1. The molecular formula is C7H5BrF2IN. The molecule has 0 atom stereocenters. The molecule has 1 aromatic heterocycles. The van der Waals surface area contributed by atoms with Crippen LogP contribution in [-0.2, 0) is 0 Å². The van der Waals surface area contributed by atoms with Crippen molar-refractivity contribution in [3.8, 4) is 0 Å². The van der Waals surface area contributed by atoms with Crippen LogP contribution in [-0.4, -0.2) is 4.98 Å². The van der Waals surface area contributed by atoms with Crippen LogP contribution in [0.15, 0.2) is 10.7 Å².